The number of hydrogen-bond acceptors (Lipinski definition) is 2. The molecule has 1 unspecified atom stereocenters. The molecular weight excluding hydrogens is 312 g/mol. The largest absolute Gasteiger partial charge is 0.352 e. The number of nitrogens with one attached hydrogen (secondary N) is 1. The number of likely N-dealkylation sites (tertiary alicyclic amines) is 1. The quantitative estimate of drug-likeness (QED) is 0.932. The summed E-state index contributed by atoms with van der Waals surface area (Å²) in [6, 6.07) is 14.7. The summed E-state index contributed by atoms with van der Waals surface area (Å²) in [5, 5.41) is 5.39. The Morgan fingerprint density at radius 3 is 2.68 bits per heavy atom. The number of amides is 2. The van der Waals surface area contributed by atoms with Crippen molar-refractivity contribution in [2.75, 3.05) is 6.54 Å². The second kappa shape index (κ2) is 6.87. The Balaban J connectivity index is 1.40. The summed E-state index contributed by atoms with van der Waals surface area (Å²) < 4.78 is 0. The lowest BCUT2D eigenvalue weighted by atomic mass is 10.0. The highest BCUT2D eigenvalue weighted by molar-refractivity contribution is 5.90. The Kier molecular flexibility index (Phi) is 4.43. The van der Waals surface area contributed by atoms with Gasteiger partial charge in [0.2, 0.25) is 11.8 Å². The van der Waals surface area contributed by atoms with Crippen LogP contribution in [0, 0.1) is 5.92 Å². The van der Waals surface area contributed by atoms with E-state index in [-0.39, 0.29) is 17.7 Å². The van der Waals surface area contributed by atoms with E-state index in [2.05, 4.69) is 23.5 Å². The molecular formula is C21H24N2O2. The van der Waals surface area contributed by atoms with Crippen molar-refractivity contribution in [1.82, 2.24) is 10.2 Å². The summed E-state index contributed by atoms with van der Waals surface area (Å²) >= 11 is 0. The van der Waals surface area contributed by atoms with E-state index in [1.807, 2.05) is 29.2 Å². The van der Waals surface area contributed by atoms with Gasteiger partial charge >= 0.3 is 0 Å². The summed E-state index contributed by atoms with van der Waals surface area (Å²) in [5.74, 6) is -0.0536. The zero-order valence-electron chi connectivity index (χ0n) is 14.4. The van der Waals surface area contributed by atoms with Gasteiger partial charge in [0.15, 0.2) is 0 Å². The van der Waals surface area contributed by atoms with Crippen molar-refractivity contribution in [2.45, 2.75) is 44.7 Å². The average Bonchev–Trinajstić information content (AvgIpc) is 3.29. The maximum Gasteiger partial charge on any atom is 0.225 e. The molecule has 2 aromatic carbocycles. The van der Waals surface area contributed by atoms with Gasteiger partial charge in [-0.1, -0.05) is 55.3 Å². The fraction of sp³-hybridized carbons (Fsp3) is 0.429. The van der Waals surface area contributed by atoms with Gasteiger partial charge in [-0.05, 0) is 29.2 Å². The molecule has 1 aliphatic carbocycles. The van der Waals surface area contributed by atoms with E-state index in [4.69, 9.17) is 0 Å². The van der Waals surface area contributed by atoms with Crippen molar-refractivity contribution in [3.8, 4) is 0 Å². The van der Waals surface area contributed by atoms with E-state index in [1.54, 1.807) is 0 Å². The van der Waals surface area contributed by atoms with Crippen molar-refractivity contribution in [1.29, 1.82) is 0 Å². The van der Waals surface area contributed by atoms with Crippen LogP contribution in [0.2, 0.25) is 0 Å². The Bertz CT molecular complexity index is 790. The Hall–Kier alpha value is -2.36. The summed E-state index contributed by atoms with van der Waals surface area (Å²) in [6.07, 6.45) is 4.95. The van der Waals surface area contributed by atoms with Crippen LogP contribution in [0.5, 0.6) is 0 Å². The predicted octanol–water partition coefficient (Wildman–Crippen LogP) is 3.25. The third kappa shape index (κ3) is 3.26. The molecule has 1 aliphatic heterocycles. The molecule has 1 atom stereocenters. The molecule has 2 aliphatic rings. The first-order valence-corrected chi connectivity index (χ1v) is 9.26. The molecule has 2 aromatic rings. The van der Waals surface area contributed by atoms with Gasteiger partial charge in [0.25, 0.3) is 0 Å². The molecule has 4 rings (SSSR count). The molecule has 4 nitrogen and oxygen atoms in total. The van der Waals surface area contributed by atoms with Crippen LogP contribution in [0.3, 0.4) is 0 Å². The van der Waals surface area contributed by atoms with E-state index in [1.165, 1.54) is 23.6 Å². The van der Waals surface area contributed by atoms with Gasteiger partial charge in [0.1, 0.15) is 0 Å². The van der Waals surface area contributed by atoms with Gasteiger partial charge < -0.3 is 10.2 Å². The van der Waals surface area contributed by atoms with E-state index in [0.717, 1.165) is 18.4 Å². The number of nitrogens with zero attached hydrogens (tertiary/aromatic N) is 1. The molecule has 0 aromatic heterocycles. The van der Waals surface area contributed by atoms with Crippen molar-refractivity contribution >= 4 is 22.6 Å². The minimum Gasteiger partial charge on any atom is -0.352 e. The molecule has 2 fully saturated rings. The molecule has 1 saturated carbocycles. The van der Waals surface area contributed by atoms with Crippen LogP contribution >= 0.6 is 0 Å². The zero-order valence-corrected chi connectivity index (χ0v) is 14.4. The van der Waals surface area contributed by atoms with E-state index < -0.39 is 0 Å². The molecule has 25 heavy (non-hydrogen) atoms. The first-order valence-electron chi connectivity index (χ1n) is 9.26. The minimum atomic E-state index is -0.205. The van der Waals surface area contributed by atoms with Crippen molar-refractivity contribution in [3.63, 3.8) is 0 Å². The summed E-state index contributed by atoms with van der Waals surface area (Å²) in [4.78, 5) is 26.8. The third-order valence-corrected chi connectivity index (χ3v) is 5.63. The van der Waals surface area contributed by atoms with E-state index >= 15 is 0 Å². The van der Waals surface area contributed by atoms with Gasteiger partial charge in [-0.15, -0.1) is 0 Å². The highest BCUT2D eigenvalue weighted by Crippen LogP contribution is 2.29. The lowest BCUT2D eigenvalue weighted by Crippen LogP contribution is -2.36. The summed E-state index contributed by atoms with van der Waals surface area (Å²) in [7, 11) is 0. The molecule has 1 saturated heterocycles. The number of hydrogen-bond donors (Lipinski definition) is 1. The van der Waals surface area contributed by atoms with Crippen molar-refractivity contribution in [3.05, 3.63) is 48.0 Å². The van der Waals surface area contributed by atoms with Gasteiger partial charge in [0.05, 0.1) is 5.92 Å². The second-order valence-electron chi connectivity index (χ2n) is 7.24. The van der Waals surface area contributed by atoms with Crippen LogP contribution < -0.4 is 5.32 Å². The maximum atomic E-state index is 12.6. The van der Waals surface area contributed by atoms with Gasteiger partial charge in [-0.2, -0.15) is 0 Å². The standard InChI is InChI=1S/C21H24N2O2/c24-20-12-17(14-23(20)18-9-2-3-10-18)21(25)22-13-16-8-5-7-15-6-1-4-11-19(15)16/h1,4-8,11,17-18H,2-3,9-10,12-14H2,(H,22,25). The normalized spacial score (nSPS) is 21.2. The number of fused-ring (bicyclic) bond motifs is 1. The minimum absolute atomic E-state index is 0.00165. The molecule has 0 radical (unpaired) electrons. The number of carbonyl (C=O) groups is 2. The number of carbonyl (C=O) groups excluding carboxylic acids is 2. The predicted molar refractivity (Wildman–Crippen MR) is 97.9 cm³/mol. The second-order valence-corrected chi connectivity index (χ2v) is 7.24. The molecule has 1 N–H and O–H groups in total. The van der Waals surface area contributed by atoms with Crippen molar-refractivity contribution in [2.24, 2.45) is 5.92 Å². The van der Waals surface area contributed by atoms with Crippen molar-refractivity contribution < 1.29 is 9.59 Å². The lowest BCUT2D eigenvalue weighted by molar-refractivity contribution is -0.130. The molecule has 0 spiro atoms. The van der Waals surface area contributed by atoms with Crippen LogP contribution in [0.25, 0.3) is 10.8 Å². The van der Waals surface area contributed by atoms with E-state index in [9.17, 15) is 9.59 Å². The van der Waals surface area contributed by atoms with Crippen LogP contribution in [0.15, 0.2) is 42.5 Å². The highest BCUT2D eigenvalue weighted by atomic mass is 16.2. The fourth-order valence-electron chi connectivity index (χ4n) is 4.25. The molecule has 1 heterocycles. The van der Waals surface area contributed by atoms with Crippen LogP contribution in [-0.2, 0) is 16.1 Å². The highest BCUT2D eigenvalue weighted by Gasteiger charge is 2.38. The topological polar surface area (TPSA) is 49.4 Å². The Morgan fingerprint density at radius 2 is 1.84 bits per heavy atom. The number of rotatable bonds is 4. The first kappa shape index (κ1) is 16.1. The first-order chi connectivity index (χ1) is 12.2. The molecule has 130 valence electrons. The number of benzene rings is 2. The van der Waals surface area contributed by atoms with Gasteiger partial charge in [-0.25, -0.2) is 0 Å². The average molecular weight is 336 g/mol. The maximum absolute atomic E-state index is 12.6. The van der Waals surface area contributed by atoms with Gasteiger partial charge in [0, 0.05) is 25.6 Å². The molecule has 4 heteroatoms. The molecule has 0 bridgehead atoms. The monoisotopic (exact) mass is 336 g/mol. The van der Waals surface area contributed by atoms with Crippen LogP contribution in [-0.4, -0.2) is 29.3 Å². The third-order valence-electron chi connectivity index (χ3n) is 5.63. The summed E-state index contributed by atoms with van der Waals surface area (Å²) in [5.41, 5.74) is 1.11. The lowest BCUT2D eigenvalue weighted by Gasteiger charge is -2.23. The van der Waals surface area contributed by atoms with Crippen LogP contribution in [0.4, 0.5) is 0 Å². The molecule has 2 amide bonds. The Morgan fingerprint density at radius 1 is 1.08 bits per heavy atom. The van der Waals surface area contributed by atoms with Crippen LogP contribution in [0.1, 0.15) is 37.7 Å². The Labute approximate surface area is 148 Å². The zero-order chi connectivity index (χ0) is 17.2. The van der Waals surface area contributed by atoms with E-state index in [0.29, 0.717) is 25.6 Å². The SMILES string of the molecule is O=C(NCc1cccc2ccccc12)C1CC(=O)N(C2CCCC2)C1. The van der Waals surface area contributed by atoms with Gasteiger partial charge in [-0.3, -0.25) is 9.59 Å². The fourth-order valence-corrected chi connectivity index (χ4v) is 4.25. The summed E-state index contributed by atoms with van der Waals surface area (Å²) in [6.45, 7) is 1.10. The smallest absolute Gasteiger partial charge is 0.225 e.